The largest absolute Gasteiger partial charge is 0.493 e. The fraction of sp³-hybridized carbons (Fsp3) is 0.455. The molecule has 0 spiro atoms. The number of para-hydroxylation sites is 1. The molecular formula is C11H17NO3. The smallest absolute Gasteiger partial charge is 0.165 e. The van der Waals surface area contributed by atoms with Gasteiger partial charge in [0.1, 0.15) is 0 Å². The fourth-order valence-corrected chi connectivity index (χ4v) is 1.50. The van der Waals surface area contributed by atoms with E-state index in [4.69, 9.17) is 20.3 Å². The third kappa shape index (κ3) is 2.61. The van der Waals surface area contributed by atoms with E-state index in [1.807, 2.05) is 18.2 Å². The molecule has 0 aromatic heterocycles. The zero-order valence-corrected chi connectivity index (χ0v) is 9.06. The highest BCUT2D eigenvalue weighted by atomic mass is 16.5. The van der Waals surface area contributed by atoms with Crippen molar-refractivity contribution in [2.24, 2.45) is 5.73 Å². The first-order valence-electron chi connectivity index (χ1n) is 4.82. The summed E-state index contributed by atoms with van der Waals surface area (Å²) in [7, 11) is 3.16. The van der Waals surface area contributed by atoms with Gasteiger partial charge in [-0.1, -0.05) is 12.1 Å². The summed E-state index contributed by atoms with van der Waals surface area (Å²) >= 11 is 0. The number of aliphatic hydroxyl groups excluding tert-OH is 1. The van der Waals surface area contributed by atoms with E-state index >= 15 is 0 Å². The van der Waals surface area contributed by atoms with Crippen molar-refractivity contribution in [3.63, 3.8) is 0 Å². The molecule has 15 heavy (non-hydrogen) atoms. The number of ether oxygens (including phenoxy) is 2. The molecule has 1 aromatic carbocycles. The Morgan fingerprint density at radius 3 is 2.60 bits per heavy atom. The van der Waals surface area contributed by atoms with Crippen LogP contribution in [0.5, 0.6) is 11.5 Å². The lowest BCUT2D eigenvalue weighted by Crippen LogP contribution is -2.13. The lowest BCUT2D eigenvalue weighted by atomic mass is 10.0. The van der Waals surface area contributed by atoms with Crippen LogP contribution in [0.15, 0.2) is 18.2 Å². The molecule has 0 aliphatic rings. The average Bonchev–Trinajstić information content (AvgIpc) is 2.28. The van der Waals surface area contributed by atoms with Crippen molar-refractivity contribution in [1.29, 1.82) is 0 Å². The predicted octanol–water partition coefficient (Wildman–Crippen LogP) is 1.09. The molecule has 0 heterocycles. The van der Waals surface area contributed by atoms with Crippen molar-refractivity contribution in [2.45, 2.75) is 12.5 Å². The highest BCUT2D eigenvalue weighted by Crippen LogP contribution is 2.34. The minimum atomic E-state index is -0.236. The molecule has 1 atom stereocenters. The average molecular weight is 211 g/mol. The van der Waals surface area contributed by atoms with E-state index in [-0.39, 0.29) is 12.6 Å². The highest BCUT2D eigenvalue weighted by molar-refractivity contribution is 5.47. The standard InChI is InChI=1S/C11H17NO3/c1-14-10-5-3-4-8(11(10)15-2)9(12)6-7-13/h3-5,9,13H,6-7,12H2,1-2H3/t9-/m0/s1. The monoisotopic (exact) mass is 211 g/mol. The van der Waals surface area contributed by atoms with Gasteiger partial charge in [-0.05, 0) is 12.5 Å². The Morgan fingerprint density at radius 1 is 1.33 bits per heavy atom. The Morgan fingerprint density at radius 2 is 2.07 bits per heavy atom. The maximum absolute atomic E-state index is 8.84. The number of benzene rings is 1. The summed E-state index contributed by atoms with van der Waals surface area (Å²) in [4.78, 5) is 0. The quantitative estimate of drug-likeness (QED) is 0.765. The zero-order chi connectivity index (χ0) is 11.3. The van der Waals surface area contributed by atoms with E-state index in [0.717, 1.165) is 5.56 Å². The molecule has 3 N–H and O–H groups in total. The SMILES string of the molecule is COc1cccc([C@@H](N)CCO)c1OC. The molecule has 0 aliphatic heterocycles. The van der Waals surface area contributed by atoms with Crippen LogP contribution in [-0.4, -0.2) is 25.9 Å². The Bertz CT molecular complexity index is 315. The predicted molar refractivity (Wildman–Crippen MR) is 58.2 cm³/mol. The summed E-state index contributed by atoms with van der Waals surface area (Å²) < 4.78 is 10.4. The molecular weight excluding hydrogens is 194 g/mol. The molecule has 0 aliphatic carbocycles. The normalized spacial score (nSPS) is 12.3. The lowest BCUT2D eigenvalue weighted by Gasteiger charge is -2.16. The molecule has 84 valence electrons. The van der Waals surface area contributed by atoms with Crippen molar-refractivity contribution >= 4 is 0 Å². The van der Waals surface area contributed by atoms with Crippen molar-refractivity contribution in [1.82, 2.24) is 0 Å². The Labute approximate surface area is 89.6 Å². The van der Waals surface area contributed by atoms with Gasteiger partial charge in [-0.3, -0.25) is 0 Å². The number of nitrogens with two attached hydrogens (primary N) is 1. The number of rotatable bonds is 5. The van der Waals surface area contributed by atoms with Crippen molar-refractivity contribution in [3.8, 4) is 11.5 Å². The van der Waals surface area contributed by atoms with E-state index in [9.17, 15) is 0 Å². The molecule has 0 bridgehead atoms. The van der Waals surface area contributed by atoms with Crippen LogP contribution in [0.2, 0.25) is 0 Å². The van der Waals surface area contributed by atoms with E-state index < -0.39 is 0 Å². The highest BCUT2D eigenvalue weighted by Gasteiger charge is 2.14. The van der Waals surface area contributed by atoms with Crippen LogP contribution in [-0.2, 0) is 0 Å². The van der Waals surface area contributed by atoms with Gasteiger partial charge in [0.25, 0.3) is 0 Å². The topological polar surface area (TPSA) is 64.7 Å². The summed E-state index contributed by atoms with van der Waals surface area (Å²) in [5.74, 6) is 1.30. The third-order valence-corrected chi connectivity index (χ3v) is 2.27. The third-order valence-electron chi connectivity index (χ3n) is 2.27. The van der Waals surface area contributed by atoms with E-state index in [1.54, 1.807) is 14.2 Å². The molecule has 0 amide bonds. The van der Waals surface area contributed by atoms with Gasteiger partial charge in [-0.25, -0.2) is 0 Å². The van der Waals surface area contributed by atoms with Crippen LogP contribution in [0.1, 0.15) is 18.0 Å². The fourth-order valence-electron chi connectivity index (χ4n) is 1.50. The van der Waals surface area contributed by atoms with Crippen molar-refractivity contribution in [3.05, 3.63) is 23.8 Å². The summed E-state index contributed by atoms with van der Waals surface area (Å²) in [5.41, 5.74) is 6.76. The Hall–Kier alpha value is -1.26. The number of methoxy groups -OCH3 is 2. The van der Waals surface area contributed by atoms with Crippen LogP contribution in [0, 0.1) is 0 Å². The second-order valence-corrected chi connectivity index (χ2v) is 3.20. The van der Waals surface area contributed by atoms with Gasteiger partial charge in [0.15, 0.2) is 11.5 Å². The summed E-state index contributed by atoms with van der Waals surface area (Å²) in [6.07, 6.45) is 0.503. The molecule has 0 saturated heterocycles. The molecule has 1 aromatic rings. The summed E-state index contributed by atoms with van der Waals surface area (Å²) in [6, 6.07) is 5.31. The molecule has 0 saturated carbocycles. The van der Waals surface area contributed by atoms with E-state index in [1.165, 1.54) is 0 Å². The molecule has 1 rings (SSSR count). The van der Waals surface area contributed by atoms with Gasteiger partial charge >= 0.3 is 0 Å². The molecule has 4 nitrogen and oxygen atoms in total. The van der Waals surface area contributed by atoms with Crippen LogP contribution in [0.25, 0.3) is 0 Å². The van der Waals surface area contributed by atoms with Gasteiger partial charge in [-0.15, -0.1) is 0 Å². The van der Waals surface area contributed by atoms with Crippen LogP contribution in [0.3, 0.4) is 0 Å². The zero-order valence-electron chi connectivity index (χ0n) is 9.06. The lowest BCUT2D eigenvalue weighted by molar-refractivity contribution is 0.274. The number of hydrogen-bond donors (Lipinski definition) is 2. The van der Waals surface area contributed by atoms with Crippen LogP contribution >= 0.6 is 0 Å². The maximum Gasteiger partial charge on any atom is 0.165 e. The number of aliphatic hydroxyl groups is 1. The first-order valence-corrected chi connectivity index (χ1v) is 4.82. The van der Waals surface area contributed by atoms with Gasteiger partial charge in [0, 0.05) is 18.2 Å². The Balaban J connectivity index is 3.05. The Kier molecular flexibility index (Phi) is 4.39. The molecule has 0 fully saturated rings. The first-order chi connectivity index (χ1) is 7.24. The van der Waals surface area contributed by atoms with Crippen LogP contribution < -0.4 is 15.2 Å². The minimum absolute atomic E-state index is 0.0571. The summed E-state index contributed by atoms with van der Waals surface area (Å²) in [6.45, 7) is 0.0571. The molecule has 0 radical (unpaired) electrons. The van der Waals surface area contributed by atoms with Gasteiger partial charge in [0.05, 0.1) is 14.2 Å². The summed E-state index contributed by atoms with van der Waals surface area (Å²) in [5, 5.41) is 8.84. The van der Waals surface area contributed by atoms with Gasteiger partial charge in [-0.2, -0.15) is 0 Å². The van der Waals surface area contributed by atoms with Crippen molar-refractivity contribution < 1.29 is 14.6 Å². The molecule has 4 heteroatoms. The van der Waals surface area contributed by atoms with Gasteiger partial charge < -0.3 is 20.3 Å². The van der Waals surface area contributed by atoms with Crippen LogP contribution in [0.4, 0.5) is 0 Å². The number of hydrogen-bond acceptors (Lipinski definition) is 4. The maximum atomic E-state index is 8.84. The minimum Gasteiger partial charge on any atom is -0.493 e. The first kappa shape index (κ1) is 11.8. The second-order valence-electron chi connectivity index (χ2n) is 3.20. The van der Waals surface area contributed by atoms with E-state index in [2.05, 4.69) is 0 Å². The van der Waals surface area contributed by atoms with Gasteiger partial charge in [0.2, 0.25) is 0 Å². The second kappa shape index (κ2) is 5.58. The van der Waals surface area contributed by atoms with E-state index in [0.29, 0.717) is 17.9 Å². The molecule has 0 unspecified atom stereocenters. The van der Waals surface area contributed by atoms with Crippen molar-refractivity contribution in [2.75, 3.05) is 20.8 Å².